The van der Waals surface area contributed by atoms with Crippen molar-refractivity contribution in [1.82, 2.24) is 9.80 Å². The van der Waals surface area contributed by atoms with Crippen molar-refractivity contribution in [2.24, 2.45) is 5.92 Å². The Hall–Kier alpha value is -1.29. The lowest BCUT2D eigenvalue weighted by Crippen LogP contribution is -2.48. The zero-order valence-electron chi connectivity index (χ0n) is 13.7. The van der Waals surface area contributed by atoms with Crippen molar-refractivity contribution < 1.29 is 9.21 Å². The summed E-state index contributed by atoms with van der Waals surface area (Å²) >= 11 is 0. The summed E-state index contributed by atoms with van der Waals surface area (Å²) in [6.45, 7) is 2.80. The molecule has 1 amide bonds. The van der Waals surface area contributed by atoms with Crippen LogP contribution in [0.4, 0.5) is 0 Å². The molecule has 0 atom stereocenters. The molecule has 1 saturated heterocycles. The maximum atomic E-state index is 13.1. The molecule has 0 radical (unpaired) electrons. The van der Waals surface area contributed by atoms with Crippen LogP contribution in [-0.2, 0) is 11.3 Å². The van der Waals surface area contributed by atoms with E-state index in [1.54, 1.807) is 6.26 Å². The Morgan fingerprint density at radius 2 is 1.95 bits per heavy atom. The fraction of sp³-hybridized carbons (Fsp3) is 0.722. The van der Waals surface area contributed by atoms with E-state index in [0.29, 0.717) is 18.5 Å². The number of piperidine rings is 1. The Morgan fingerprint density at radius 3 is 2.59 bits per heavy atom. The Labute approximate surface area is 133 Å². The minimum atomic E-state index is 0.239. The van der Waals surface area contributed by atoms with E-state index in [1.807, 2.05) is 12.1 Å². The normalized spacial score (nSPS) is 21.9. The third-order valence-corrected chi connectivity index (χ3v) is 5.27. The second-order valence-corrected chi connectivity index (χ2v) is 6.91. The number of carbonyl (C=O) groups excluding carboxylic acids is 1. The van der Waals surface area contributed by atoms with E-state index in [-0.39, 0.29) is 5.92 Å². The van der Waals surface area contributed by atoms with Crippen molar-refractivity contribution in [3.8, 4) is 0 Å². The zero-order chi connectivity index (χ0) is 15.4. The molecular weight excluding hydrogens is 276 g/mol. The van der Waals surface area contributed by atoms with E-state index in [9.17, 15) is 4.79 Å². The van der Waals surface area contributed by atoms with Crippen LogP contribution in [0, 0.1) is 5.92 Å². The Kier molecular flexibility index (Phi) is 5.19. The Bertz CT molecular complexity index is 457. The molecule has 1 aromatic heterocycles. The summed E-state index contributed by atoms with van der Waals surface area (Å²) in [4.78, 5) is 17.6. The van der Waals surface area contributed by atoms with Crippen LogP contribution >= 0.6 is 0 Å². The van der Waals surface area contributed by atoms with Crippen molar-refractivity contribution in [3.63, 3.8) is 0 Å². The fourth-order valence-electron chi connectivity index (χ4n) is 3.85. The number of rotatable bonds is 4. The first kappa shape index (κ1) is 15.6. The zero-order valence-corrected chi connectivity index (χ0v) is 13.7. The quantitative estimate of drug-likeness (QED) is 0.856. The van der Waals surface area contributed by atoms with Crippen LogP contribution in [0.1, 0.15) is 50.7 Å². The van der Waals surface area contributed by atoms with Gasteiger partial charge >= 0.3 is 0 Å². The van der Waals surface area contributed by atoms with Gasteiger partial charge in [0.2, 0.25) is 5.91 Å². The Balaban J connectivity index is 1.71. The summed E-state index contributed by atoms with van der Waals surface area (Å²) in [6.07, 6.45) is 9.70. The Morgan fingerprint density at radius 1 is 1.23 bits per heavy atom. The highest BCUT2D eigenvalue weighted by molar-refractivity contribution is 5.79. The molecule has 0 spiro atoms. The van der Waals surface area contributed by atoms with Gasteiger partial charge in [-0.1, -0.05) is 19.3 Å². The summed E-state index contributed by atoms with van der Waals surface area (Å²) in [5.41, 5.74) is 0. The van der Waals surface area contributed by atoms with Crippen LogP contribution in [-0.4, -0.2) is 41.9 Å². The van der Waals surface area contributed by atoms with Crippen molar-refractivity contribution in [2.45, 2.75) is 57.5 Å². The minimum absolute atomic E-state index is 0.239. The third-order valence-electron chi connectivity index (χ3n) is 5.27. The van der Waals surface area contributed by atoms with Crippen molar-refractivity contribution in [1.29, 1.82) is 0 Å². The van der Waals surface area contributed by atoms with E-state index in [1.165, 1.54) is 19.3 Å². The highest BCUT2D eigenvalue weighted by atomic mass is 16.3. The van der Waals surface area contributed by atoms with E-state index in [4.69, 9.17) is 4.42 Å². The van der Waals surface area contributed by atoms with Gasteiger partial charge in [-0.05, 0) is 58.0 Å². The van der Waals surface area contributed by atoms with Gasteiger partial charge < -0.3 is 14.2 Å². The summed E-state index contributed by atoms with van der Waals surface area (Å²) in [5.74, 6) is 1.51. The molecule has 1 aromatic rings. The molecule has 2 heterocycles. The van der Waals surface area contributed by atoms with Gasteiger partial charge in [0, 0.05) is 12.0 Å². The molecule has 1 aliphatic carbocycles. The van der Waals surface area contributed by atoms with Crippen LogP contribution < -0.4 is 0 Å². The fourth-order valence-corrected chi connectivity index (χ4v) is 3.85. The molecule has 2 aliphatic rings. The van der Waals surface area contributed by atoms with Crippen LogP contribution in [0.2, 0.25) is 0 Å². The number of carbonyl (C=O) groups is 1. The summed E-state index contributed by atoms with van der Waals surface area (Å²) < 4.78 is 5.51. The third kappa shape index (κ3) is 3.72. The molecule has 0 N–H and O–H groups in total. The predicted molar refractivity (Wildman–Crippen MR) is 86.4 cm³/mol. The molecule has 22 heavy (non-hydrogen) atoms. The number of furan rings is 1. The van der Waals surface area contributed by atoms with E-state index in [0.717, 1.165) is 44.5 Å². The lowest BCUT2D eigenvalue weighted by atomic mass is 9.87. The van der Waals surface area contributed by atoms with Gasteiger partial charge in [-0.3, -0.25) is 4.79 Å². The van der Waals surface area contributed by atoms with Crippen LogP contribution in [0.5, 0.6) is 0 Å². The first-order valence-corrected chi connectivity index (χ1v) is 8.75. The SMILES string of the molecule is CN1CCC(N(Cc2ccco2)C(=O)C2CCCCC2)CC1. The maximum absolute atomic E-state index is 13.1. The standard InChI is InChI=1S/C18H28N2O2/c1-19-11-9-16(10-12-19)20(14-17-8-5-13-22-17)18(21)15-6-3-2-4-7-15/h5,8,13,15-16H,2-4,6-7,9-12,14H2,1H3. The molecule has 0 aromatic carbocycles. The van der Waals surface area contributed by atoms with Crippen molar-refractivity contribution >= 4 is 5.91 Å². The average Bonchev–Trinajstić information content (AvgIpc) is 3.07. The number of hydrogen-bond donors (Lipinski definition) is 0. The van der Waals surface area contributed by atoms with Gasteiger partial charge in [0.1, 0.15) is 5.76 Å². The molecule has 3 rings (SSSR count). The average molecular weight is 304 g/mol. The molecule has 0 unspecified atom stereocenters. The molecule has 4 heteroatoms. The van der Waals surface area contributed by atoms with Gasteiger partial charge in [-0.15, -0.1) is 0 Å². The van der Waals surface area contributed by atoms with Crippen molar-refractivity contribution in [3.05, 3.63) is 24.2 Å². The van der Waals surface area contributed by atoms with Gasteiger partial charge in [-0.25, -0.2) is 0 Å². The molecule has 1 aliphatic heterocycles. The second-order valence-electron chi connectivity index (χ2n) is 6.91. The lowest BCUT2D eigenvalue weighted by molar-refractivity contribution is -0.141. The van der Waals surface area contributed by atoms with Gasteiger partial charge in [0.25, 0.3) is 0 Å². The molecule has 2 fully saturated rings. The van der Waals surface area contributed by atoms with Crippen LogP contribution in [0.15, 0.2) is 22.8 Å². The number of likely N-dealkylation sites (tertiary alicyclic amines) is 1. The highest BCUT2D eigenvalue weighted by Crippen LogP contribution is 2.28. The molecular formula is C18H28N2O2. The van der Waals surface area contributed by atoms with Gasteiger partial charge in [0.15, 0.2) is 0 Å². The summed E-state index contributed by atoms with van der Waals surface area (Å²) in [7, 11) is 2.16. The molecule has 0 bridgehead atoms. The number of hydrogen-bond acceptors (Lipinski definition) is 3. The molecule has 4 nitrogen and oxygen atoms in total. The predicted octanol–water partition coefficient (Wildman–Crippen LogP) is 3.28. The molecule has 122 valence electrons. The van der Waals surface area contributed by atoms with E-state index < -0.39 is 0 Å². The second kappa shape index (κ2) is 7.32. The number of nitrogens with zero attached hydrogens (tertiary/aromatic N) is 2. The maximum Gasteiger partial charge on any atom is 0.226 e. The van der Waals surface area contributed by atoms with Crippen LogP contribution in [0.3, 0.4) is 0 Å². The largest absolute Gasteiger partial charge is 0.467 e. The lowest BCUT2D eigenvalue weighted by Gasteiger charge is -2.39. The van der Waals surface area contributed by atoms with E-state index in [2.05, 4.69) is 16.8 Å². The first-order chi connectivity index (χ1) is 10.7. The topological polar surface area (TPSA) is 36.7 Å². The molecule has 1 saturated carbocycles. The minimum Gasteiger partial charge on any atom is -0.467 e. The van der Waals surface area contributed by atoms with E-state index >= 15 is 0 Å². The van der Waals surface area contributed by atoms with Gasteiger partial charge in [0.05, 0.1) is 12.8 Å². The van der Waals surface area contributed by atoms with Crippen molar-refractivity contribution in [2.75, 3.05) is 20.1 Å². The highest BCUT2D eigenvalue weighted by Gasteiger charge is 2.32. The first-order valence-electron chi connectivity index (χ1n) is 8.75. The smallest absolute Gasteiger partial charge is 0.226 e. The monoisotopic (exact) mass is 304 g/mol. The number of amides is 1. The summed E-state index contributed by atoms with van der Waals surface area (Å²) in [5, 5.41) is 0. The van der Waals surface area contributed by atoms with Gasteiger partial charge in [-0.2, -0.15) is 0 Å². The summed E-state index contributed by atoms with van der Waals surface area (Å²) in [6, 6.07) is 4.26. The van der Waals surface area contributed by atoms with Crippen LogP contribution in [0.25, 0.3) is 0 Å².